The van der Waals surface area contributed by atoms with Crippen LogP contribution in [0.15, 0.2) is 40.2 Å². The Morgan fingerprint density at radius 3 is 2.48 bits per heavy atom. The second kappa shape index (κ2) is 6.42. The van der Waals surface area contributed by atoms with Crippen molar-refractivity contribution in [3.05, 3.63) is 63.1 Å². The van der Waals surface area contributed by atoms with Crippen LogP contribution < -0.4 is 5.43 Å². The van der Waals surface area contributed by atoms with Crippen LogP contribution in [0.2, 0.25) is 0 Å². The summed E-state index contributed by atoms with van der Waals surface area (Å²) in [5.74, 6) is -1.24. The first-order valence-electron chi connectivity index (χ1n) is 10.6. The maximum absolute atomic E-state index is 13.1. The van der Waals surface area contributed by atoms with Gasteiger partial charge in [0.2, 0.25) is 0 Å². The number of carbonyl (C=O) groups is 1. The lowest BCUT2D eigenvalue weighted by Gasteiger charge is -2.39. The van der Waals surface area contributed by atoms with Gasteiger partial charge in [-0.05, 0) is 53.0 Å². The fourth-order valence-electron chi connectivity index (χ4n) is 5.00. The molecule has 0 unspecified atom stereocenters. The lowest BCUT2D eigenvalue weighted by molar-refractivity contribution is 0.0693. The molecule has 1 aliphatic heterocycles. The molecule has 1 aromatic carbocycles. The van der Waals surface area contributed by atoms with Gasteiger partial charge in [0, 0.05) is 30.4 Å². The Balaban J connectivity index is 1.72. The van der Waals surface area contributed by atoms with E-state index in [4.69, 9.17) is 0 Å². The van der Waals surface area contributed by atoms with Crippen LogP contribution in [0.4, 0.5) is 0 Å². The van der Waals surface area contributed by atoms with Gasteiger partial charge < -0.3 is 9.67 Å². The van der Waals surface area contributed by atoms with E-state index < -0.39 is 21.2 Å². The molecule has 0 amide bonds. The van der Waals surface area contributed by atoms with E-state index in [9.17, 15) is 23.1 Å². The number of carboxylic acid groups (broad SMARTS) is 1. The van der Waals surface area contributed by atoms with Crippen molar-refractivity contribution in [1.82, 2.24) is 4.57 Å². The lowest BCUT2D eigenvalue weighted by atomic mass is 9.78. The zero-order valence-electron chi connectivity index (χ0n) is 17.8. The molecule has 0 spiro atoms. The first-order valence-corrected chi connectivity index (χ1v) is 12.1. The third-order valence-corrected chi connectivity index (χ3v) is 9.14. The molecule has 1 atom stereocenters. The zero-order chi connectivity index (χ0) is 22.3. The second-order valence-electron chi connectivity index (χ2n) is 9.90. The van der Waals surface area contributed by atoms with Crippen LogP contribution in [0.5, 0.6) is 0 Å². The molecule has 2 heterocycles. The Morgan fingerprint density at radius 2 is 1.87 bits per heavy atom. The Hall–Kier alpha value is -2.67. The first-order chi connectivity index (χ1) is 14.5. The molecule has 3 aliphatic rings. The summed E-state index contributed by atoms with van der Waals surface area (Å²) in [6.45, 7) is 6.28. The summed E-state index contributed by atoms with van der Waals surface area (Å²) in [5.41, 5.74) is 3.51. The number of fused-ring (bicyclic) bond motifs is 4. The highest BCUT2D eigenvalue weighted by Crippen LogP contribution is 2.52. The standard InChI is InChI=1S/C24H25NO5S/c1-24(2,3)22-10-15-14-5-4-6-21(31(29,30)13-7-8-13)17(14)9-16(15)19-11-20(26)18(23(27)28)12-25(19)22/h4-6,11-13,22H,7-10H2,1-3H3,(H,27,28)/t22-/m0/s1. The van der Waals surface area contributed by atoms with Crippen LogP contribution >= 0.6 is 0 Å². The van der Waals surface area contributed by atoms with E-state index in [1.54, 1.807) is 6.07 Å². The Bertz CT molecular complexity index is 1340. The average Bonchev–Trinajstić information content (AvgIpc) is 3.47. The predicted octanol–water partition coefficient (Wildman–Crippen LogP) is 3.94. The molecule has 7 heteroatoms. The predicted molar refractivity (Wildman–Crippen MR) is 118 cm³/mol. The summed E-state index contributed by atoms with van der Waals surface area (Å²) in [6, 6.07) is 6.84. The molecule has 6 nitrogen and oxygen atoms in total. The van der Waals surface area contributed by atoms with Crippen molar-refractivity contribution < 1.29 is 18.3 Å². The smallest absolute Gasteiger partial charge is 0.341 e. The van der Waals surface area contributed by atoms with Crippen LogP contribution in [0, 0.1) is 5.41 Å². The molecule has 1 N–H and O–H groups in total. The van der Waals surface area contributed by atoms with E-state index in [1.165, 1.54) is 12.3 Å². The summed E-state index contributed by atoms with van der Waals surface area (Å²) in [4.78, 5) is 24.6. The van der Waals surface area contributed by atoms with Gasteiger partial charge in [0.15, 0.2) is 15.3 Å². The van der Waals surface area contributed by atoms with Crippen LogP contribution in [-0.2, 0) is 16.3 Å². The number of benzene rings is 1. The second-order valence-corrected chi connectivity index (χ2v) is 12.1. The summed E-state index contributed by atoms with van der Waals surface area (Å²) in [6.07, 6.45) is 3.98. The highest BCUT2D eigenvalue weighted by atomic mass is 32.2. The van der Waals surface area contributed by atoms with Gasteiger partial charge in [0.05, 0.1) is 10.1 Å². The minimum atomic E-state index is -3.35. The molecule has 1 fully saturated rings. The number of hydrogen-bond acceptors (Lipinski definition) is 4. The summed E-state index contributed by atoms with van der Waals surface area (Å²) < 4.78 is 28.0. The first kappa shape index (κ1) is 20.2. The minimum Gasteiger partial charge on any atom is -0.477 e. The van der Waals surface area contributed by atoms with Gasteiger partial charge in [-0.15, -0.1) is 0 Å². The molecular formula is C24H25NO5S. The van der Waals surface area contributed by atoms with Crippen molar-refractivity contribution in [3.8, 4) is 0 Å². The van der Waals surface area contributed by atoms with Crippen LogP contribution in [0.1, 0.15) is 73.3 Å². The van der Waals surface area contributed by atoms with E-state index in [1.807, 2.05) is 16.7 Å². The average molecular weight is 440 g/mol. The number of aromatic nitrogens is 1. The third kappa shape index (κ3) is 3.01. The molecule has 5 rings (SSSR count). The fraction of sp³-hybridized carbons (Fsp3) is 0.417. The Kier molecular flexibility index (Phi) is 4.19. The monoisotopic (exact) mass is 439 g/mol. The summed E-state index contributed by atoms with van der Waals surface area (Å²) in [7, 11) is -3.35. The van der Waals surface area contributed by atoms with Crippen molar-refractivity contribution in [2.24, 2.45) is 5.41 Å². The van der Waals surface area contributed by atoms with Crippen LogP contribution in [0.25, 0.3) is 11.1 Å². The number of carboxylic acids is 1. The summed E-state index contributed by atoms with van der Waals surface area (Å²) >= 11 is 0. The number of pyridine rings is 1. The molecule has 31 heavy (non-hydrogen) atoms. The van der Waals surface area contributed by atoms with E-state index >= 15 is 0 Å². The highest BCUT2D eigenvalue weighted by Gasteiger charge is 2.42. The van der Waals surface area contributed by atoms with Crippen molar-refractivity contribution in [2.75, 3.05) is 0 Å². The molecule has 162 valence electrons. The summed E-state index contributed by atoms with van der Waals surface area (Å²) in [5, 5.41) is 9.19. The molecule has 0 saturated heterocycles. The van der Waals surface area contributed by atoms with Crippen molar-refractivity contribution >= 4 is 27.0 Å². The van der Waals surface area contributed by atoms with Crippen molar-refractivity contribution in [2.45, 2.75) is 62.6 Å². The highest BCUT2D eigenvalue weighted by molar-refractivity contribution is 7.92. The maximum atomic E-state index is 13.1. The number of nitrogens with zero attached hydrogens (tertiary/aromatic N) is 1. The molecule has 1 saturated carbocycles. The topological polar surface area (TPSA) is 93.4 Å². The Labute approximate surface area is 181 Å². The normalized spacial score (nSPS) is 20.3. The van der Waals surface area contributed by atoms with Gasteiger partial charge >= 0.3 is 5.97 Å². The number of sulfone groups is 1. The van der Waals surface area contributed by atoms with Crippen molar-refractivity contribution in [3.63, 3.8) is 0 Å². The molecular weight excluding hydrogens is 414 g/mol. The fourth-order valence-corrected chi connectivity index (χ4v) is 6.91. The molecule has 1 aromatic heterocycles. The zero-order valence-corrected chi connectivity index (χ0v) is 18.6. The number of hydrogen-bond donors (Lipinski definition) is 1. The van der Waals surface area contributed by atoms with Gasteiger partial charge in [-0.3, -0.25) is 4.79 Å². The van der Waals surface area contributed by atoms with E-state index in [0.717, 1.165) is 22.3 Å². The van der Waals surface area contributed by atoms with Gasteiger partial charge in [0.25, 0.3) is 0 Å². The van der Waals surface area contributed by atoms with Crippen LogP contribution in [-0.4, -0.2) is 29.3 Å². The number of allylic oxidation sites excluding steroid dienone is 2. The SMILES string of the molecule is CC(C)(C)[C@@H]1CC2=C(Cc3c2cccc3S(=O)(=O)C2CC2)c2cc(=O)c(C(=O)O)cn21. The molecule has 0 bridgehead atoms. The number of rotatable bonds is 3. The molecule has 2 aromatic rings. The van der Waals surface area contributed by atoms with Gasteiger partial charge in [-0.1, -0.05) is 32.9 Å². The quantitative estimate of drug-likeness (QED) is 0.782. The maximum Gasteiger partial charge on any atom is 0.341 e. The van der Waals surface area contributed by atoms with Gasteiger partial charge in [0.1, 0.15) is 5.56 Å². The van der Waals surface area contributed by atoms with E-state index in [-0.39, 0.29) is 22.3 Å². The van der Waals surface area contributed by atoms with E-state index in [0.29, 0.717) is 36.3 Å². The Morgan fingerprint density at radius 1 is 1.16 bits per heavy atom. The lowest BCUT2D eigenvalue weighted by Crippen LogP contribution is -2.32. The number of aromatic carboxylic acids is 1. The third-order valence-electron chi connectivity index (χ3n) is 6.80. The van der Waals surface area contributed by atoms with Crippen LogP contribution in [0.3, 0.4) is 0 Å². The van der Waals surface area contributed by atoms with Gasteiger partial charge in [-0.25, -0.2) is 13.2 Å². The van der Waals surface area contributed by atoms with Gasteiger partial charge in [-0.2, -0.15) is 0 Å². The largest absolute Gasteiger partial charge is 0.477 e. The molecule has 0 radical (unpaired) electrons. The van der Waals surface area contributed by atoms with E-state index in [2.05, 4.69) is 20.8 Å². The van der Waals surface area contributed by atoms with Crippen molar-refractivity contribution in [1.29, 1.82) is 0 Å². The minimum absolute atomic E-state index is 0.0606. The molecule has 2 aliphatic carbocycles.